The van der Waals surface area contributed by atoms with Crippen molar-refractivity contribution in [2.24, 2.45) is 17.8 Å². The molecule has 19 heavy (non-hydrogen) atoms. The quantitative estimate of drug-likeness (QED) is 0.566. The zero-order chi connectivity index (χ0) is 13.7. The lowest BCUT2D eigenvalue weighted by molar-refractivity contribution is -0.146. The molecule has 0 aromatic rings. The summed E-state index contributed by atoms with van der Waals surface area (Å²) >= 11 is 0. The van der Waals surface area contributed by atoms with Crippen LogP contribution in [0.2, 0.25) is 0 Å². The van der Waals surface area contributed by atoms with E-state index in [4.69, 9.17) is 4.74 Å². The fourth-order valence-corrected chi connectivity index (χ4v) is 3.66. The fourth-order valence-electron chi connectivity index (χ4n) is 3.66. The number of hydrogen-bond acceptors (Lipinski definition) is 3. The third kappa shape index (κ3) is 4.20. The van der Waals surface area contributed by atoms with Crippen LogP contribution in [0.3, 0.4) is 0 Å². The molecule has 2 fully saturated rings. The SMILES string of the molecule is CCCCOC(=O)CN1CC2CCCCC(C1)C2C. The van der Waals surface area contributed by atoms with E-state index in [9.17, 15) is 4.79 Å². The van der Waals surface area contributed by atoms with E-state index in [0.29, 0.717) is 13.2 Å². The summed E-state index contributed by atoms with van der Waals surface area (Å²) in [6, 6.07) is 0. The lowest BCUT2D eigenvalue weighted by Gasteiger charge is -2.40. The number of piperidine rings is 1. The van der Waals surface area contributed by atoms with Crippen molar-refractivity contribution >= 4 is 5.97 Å². The van der Waals surface area contributed by atoms with Crippen molar-refractivity contribution in [3.63, 3.8) is 0 Å². The minimum atomic E-state index is -0.0280. The molecule has 1 aliphatic carbocycles. The zero-order valence-corrected chi connectivity index (χ0v) is 12.6. The maximum absolute atomic E-state index is 11.8. The van der Waals surface area contributed by atoms with Gasteiger partial charge in [0.1, 0.15) is 0 Å². The predicted molar refractivity (Wildman–Crippen MR) is 76.9 cm³/mol. The van der Waals surface area contributed by atoms with Crippen LogP contribution < -0.4 is 0 Å². The minimum absolute atomic E-state index is 0.0280. The molecule has 110 valence electrons. The first-order valence-corrected chi connectivity index (χ1v) is 8.08. The smallest absolute Gasteiger partial charge is 0.320 e. The molecular weight excluding hydrogens is 238 g/mol. The lowest BCUT2D eigenvalue weighted by atomic mass is 9.78. The average molecular weight is 267 g/mol. The third-order valence-corrected chi connectivity index (χ3v) is 4.99. The van der Waals surface area contributed by atoms with E-state index in [1.54, 1.807) is 0 Å². The van der Waals surface area contributed by atoms with Crippen molar-refractivity contribution in [2.75, 3.05) is 26.2 Å². The van der Waals surface area contributed by atoms with Gasteiger partial charge in [-0.3, -0.25) is 9.69 Å². The second-order valence-corrected chi connectivity index (χ2v) is 6.43. The summed E-state index contributed by atoms with van der Waals surface area (Å²) in [5.74, 6) is 2.41. The van der Waals surface area contributed by atoms with Crippen molar-refractivity contribution in [3.05, 3.63) is 0 Å². The van der Waals surface area contributed by atoms with Gasteiger partial charge in [0.25, 0.3) is 0 Å². The number of ether oxygens (including phenoxy) is 1. The molecule has 2 aliphatic rings. The van der Waals surface area contributed by atoms with E-state index >= 15 is 0 Å². The Morgan fingerprint density at radius 1 is 1.21 bits per heavy atom. The number of nitrogens with zero attached hydrogens (tertiary/aromatic N) is 1. The number of hydrogen-bond donors (Lipinski definition) is 0. The summed E-state index contributed by atoms with van der Waals surface area (Å²) in [6.07, 6.45) is 7.51. The molecule has 2 bridgehead atoms. The molecule has 1 heterocycles. The molecule has 0 spiro atoms. The third-order valence-electron chi connectivity index (χ3n) is 4.99. The van der Waals surface area contributed by atoms with Crippen LogP contribution >= 0.6 is 0 Å². The Balaban J connectivity index is 1.80. The van der Waals surface area contributed by atoms with E-state index in [-0.39, 0.29) is 5.97 Å². The molecular formula is C16H29NO2. The van der Waals surface area contributed by atoms with Crippen LogP contribution in [0.4, 0.5) is 0 Å². The fraction of sp³-hybridized carbons (Fsp3) is 0.938. The molecule has 1 saturated carbocycles. The van der Waals surface area contributed by atoms with Gasteiger partial charge in [-0.1, -0.05) is 33.1 Å². The molecule has 1 aliphatic heterocycles. The average Bonchev–Trinajstić information content (AvgIpc) is 2.49. The van der Waals surface area contributed by atoms with Gasteiger partial charge in [0, 0.05) is 13.1 Å². The topological polar surface area (TPSA) is 29.5 Å². The van der Waals surface area contributed by atoms with Gasteiger partial charge in [-0.05, 0) is 37.0 Å². The molecule has 0 amide bonds. The summed E-state index contributed by atoms with van der Waals surface area (Å²) in [7, 11) is 0. The molecule has 0 aromatic carbocycles. The van der Waals surface area contributed by atoms with Crippen molar-refractivity contribution in [1.29, 1.82) is 0 Å². The number of unbranched alkanes of at least 4 members (excludes halogenated alkanes) is 1. The van der Waals surface area contributed by atoms with Crippen LogP contribution in [0.25, 0.3) is 0 Å². The maximum Gasteiger partial charge on any atom is 0.320 e. The van der Waals surface area contributed by atoms with Crippen LogP contribution in [-0.4, -0.2) is 37.1 Å². The first-order valence-electron chi connectivity index (χ1n) is 8.08. The van der Waals surface area contributed by atoms with Gasteiger partial charge in [0.15, 0.2) is 0 Å². The molecule has 0 aromatic heterocycles. The van der Waals surface area contributed by atoms with Crippen LogP contribution in [0.15, 0.2) is 0 Å². The van der Waals surface area contributed by atoms with Gasteiger partial charge in [-0.25, -0.2) is 0 Å². The minimum Gasteiger partial charge on any atom is -0.465 e. The number of carbonyl (C=O) groups excluding carboxylic acids is 1. The summed E-state index contributed by atoms with van der Waals surface area (Å²) < 4.78 is 5.28. The highest BCUT2D eigenvalue weighted by Crippen LogP contribution is 2.37. The molecule has 3 heteroatoms. The van der Waals surface area contributed by atoms with E-state index in [2.05, 4.69) is 18.7 Å². The molecule has 0 N–H and O–H groups in total. The molecule has 2 rings (SSSR count). The van der Waals surface area contributed by atoms with Crippen molar-refractivity contribution in [3.8, 4) is 0 Å². The summed E-state index contributed by atoms with van der Waals surface area (Å²) in [4.78, 5) is 14.2. The second kappa shape index (κ2) is 7.28. The van der Waals surface area contributed by atoms with Gasteiger partial charge in [-0.15, -0.1) is 0 Å². The Hall–Kier alpha value is -0.570. The lowest BCUT2D eigenvalue weighted by Crippen LogP contribution is -2.46. The molecule has 3 nitrogen and oxygen atoms in total. The van der Waals surface area contributed by atoms with Gasteiger partial charge in [0.2, 0.25) is 0 Å². The Bertz CT molecular complexity index is 276. The van der Waals surface area contributed by atoms with Gasteiger partial charge < -0.3 is 4.74 Å². The Kier molecular flexibility index (Phi) is 5.68. The molecule has 0 radical (unpaired) electrons. The summed E-state index contributed by atoms with van der Waals surface area (Å²) in [5, 5.41) is 0. The van der Waals surface area contributed by atoms with E-state index in [0.717, 1.165) is 43.7 Å². The number of carbonyl (C=O) groups is 1. The first kappa shape index (κ1) is 14.8. The molecule has 2 atom stereocenters. The second-order valence-electron chi connectivity index (χ2n) is 6.43. The zero-order valence-electron chi connectivity index (χ0n) is 12.6. The number of likely N-dealkylation sites (tertiary alicyclic amines) is 1. The highest BCUT2D eigenvalue weighted by Gasteiger charge is 2.35. The van der Waals surface area contributed by atoms with Gasteiger partial charge >= 0.3 is 5.97 Å². The van der Waals surface area contributed by atoms with E-state index < -0.39 is 0 Å². The number of fused-ring (bicyclic) bond motifs is 2. The van der Waals surface area contributed by atoms with Gasteiger partial charge in [-0.2, -0.15) is 0 Å². The van der Waals surface area contributed by atoms with Crippen molar-refractivity contribution < 1.29 is 9.53 Å². The van der Waals surface area contributed by atoms with Crippen LogP contribution in [-0.2, 0) is 9.53 Å². The normalized spacial score (nSPS) is 31.8. The van der Waals surface area contributed by atoms with E-state index in [1.807, 2.05) is 0 Å². The van der Waals surface area contributed by atoms with Crippen LogP contribution in [0.1, 0.15) is 52.4 Å². The maximum atomic E-state index is 11.8. The van der Waals surface area contributed by atoms with E-state index in [1.165, 1.54) is 25.7 Å². The molecule has 2 unspecified atom stereocenters. The number of esters is 1. The van der Waals surface area contributed by atoms with Gasteiger partial charge in [0.05, 0.1) is 13.2 Å². The van der Waals surface area contributed by atoms with Crippen LogP contribution in [0, 0.1) is 17.8 Å². The first-order chi connectivity index (χ1) is 9.20. The number of rotatable bonds is 5. The summed E-state index contributed by atoms with van der Waals surface area (Å²) in [6.45, 7) is 7.82. The van der Waals surface area contributed by atoms with Crippen LogP contribution in [0.5, 0.6) is 0 Å². The Labute approximate surface area is 117 Å². The molecule has 1 saturated heterocycles. The Morgan fingerprint density at radius 3 is 2.42 bits per heavy atom. The van der Waals surface area contributed by atoms with Crippen molar-refractivity contribution in [2.45, 2.75) is 52.4 Å². The monoisotopic (exact) mass is 267 g/mol. The highest BCUT2D eigenvalue weighted by atomic mass is 16.5. The van der Waals surface area contributed by atoms with Crippen molar-refractivity contribution in [1.82, 2.24) is 4.90 Å². The largest absolute Gasteiger partial charge is 0.465 e. The Morgan fingerprint density at radius 2 is 1.84 bits per heavy atom. The predicted octanol–water partition coefficient (Wildman–Crippen LogP) is 3.09. The summed E-state index contributed by atoms with van der Waals surface area (Å²) in [5.41, 5.74) is 0. The highest BCUT2D eigenvalue weighted by molar-refractivity contribution is 5.71. The standard InChI is InChI=1S/C16H29NO2/c1-3-4-9-19-16(18)12-17-10-14-7-5-6-8-15(11-17)13(14)2/h13-15H,3-12H2,1-2H3.